The first kappa shape index (κ1) is 20.3. The molecule has 0 radical (unpaired) electrons. The van der Waals surface area contributed by atoms with Crippen LogP contribution in [0.25, 0.3) is 11.3 Å². The van der Waals surface area contributed by atoms with E-state index >= 15 is 0 Å². The standard InChI is InChI=1S/C26H29N3O/c1-6-19-9-8-10-20(7-2)24(19)22-15-17(4)23-21(28-22)12-14-29(26(23)30)25-16(3)11-13-27-18(25)5/h8-11,13,15H,6-7,12,14H2,1-5H3. The largest absolute Gasteiger partial charge is 0.306 e. The summed E-state index contributed by atoms with van der Waals surface area (Å²) in [6, 6.07) is 10.6. The van der Waals surface area contributed by atoms with Gasteiger partial charge < -0.3 is 4.90 Å². The van der Waals surface area contributed by atoms with Crippen molar-refractivity contribution in [1.29, 1.82) is 0 Å². The first-order chi connectivity index (χ1) is 14.5. The molecular formula is C26H29N3O. The van der Waals surface area contributed by atoms with Crippen LogP contribution in [0.4, 0.5) is 5.69 Å². The van der Waals surface area contributed by atoms with Crippen LogP contribution in [-0.2, 0) is 19.3 Å². The zero-order chi connectivity index (χ0) is 21.4. The third kappa shape index (κ3) is 3.30. The molecule has 4 heteroatoms. The molecule has 1 aliphatic rings. The van der Waals surface area contributed by atoms with Gasteiger partial charge in [0.15, 0.2) is 0 Å². The van der Waals surface area contributed by atoms with Crippen molar-refractivity contribution < 1.29 is 4.79 Å². The second kappa shape index (κ2) is 8.02. The molecule has 3 aromatic rings. The van der Waals surface area contributed by atoms with E-state index in [0.717, 1.165) is 58.7 Å². The minimum Gasteiger partial charge on any atom is -0.306 e. The highest BCUT2D eigenvalue weighted by atomic mass is 16.2. The summed E-state index contributed by atoms with van der Waals surface area (Å²) < 4.78 is 0. The summed E-state index contributed by atoms with van der Waals surface area (Å²) in [6.45, 7) is 11.0. The van der Waals surface area contributed by atoms with Gasteiger partial charge in [-0.1, -0.05) is 32.0 Å². The molecule has 0 saturated heterocycles. The minimum atomic E-state index is 0.0338. The van der Waals surface area contributed by atoms with Crippen LogP contribution < -0.4 is 4.90 Å². The summed E-state index contributed by atoms with van der Waals surface area (Å²) in [7, 11) is 0. The maximum atomic E-state index is 13.5. The Morgan fingerprint density at radius 1 is 0.967 bits per heavy atom. The lowest BCUT2D eigenvalue weighted by Gasteiger charge is -2.31. The van der Waals surface area contributed by atoms with Crippen molar-refractivity contribution in [2.24, 2.45) is 0 Å². The lowest BCUT2D eigenvalue weighted by atomic mass is 9.91. The van der Waals surface area contributed by atoms with E-state index in [1.165, 1.54) is 16.7 Å². The van der Waals surface area contributed by atoms with Gasteiger partial charge in [-0.15, -0.1) is 0 Å². The molecule has 1 aromatic carbocycles. The first-order valence-electron chi connectivity index (χ1n) is 10.8. The van der Waals surface area contributed by atoms with Crippen molar-refractivity contribution in [3.8, 4) is 11.3 Å². The molecule has 0 unspecified atom stereocenters. The number of nitrogens with zero attached hydrogens (tertiary/aromatic N) is 3. The van der Waals surface area contributed by atoms with Crippen molar-refractivity contribution >= 4 is 11.6 Å². The van der Waals surface area contributed by atoms with Gasteiger partial charge in [0.05, 0.1) is 28.3 Å². The molecule has 0 fully saturated rings. The quantitative estimate of drug-likeness (QED) is 0.590. The number of aromatic nitrogens is 2. The van der Waals surface area contributed by atoms with Gasteiger partial charge >= 0.3 is 0 Å². The number of amides is 1. The molecular weight excluding hydrogens is 370 g/mol. The van der Waals surface area contributed by atoms with Crippen LogP contribution in [0.3, 0.4) is 0 Å². The van der Waals surface area contributed by atoms with E-state index in [1.807, 2.05) is 31.7 Å². The summed E-state index contributed by atoms with van der Waals surface area (Å²) in [5, 5.41) is 0. The van der Waals surface area contributed by atoms with E-state index < -0.39 is 0 Å². The fourth-order valence-corrected chi connectivity index (χ4v) is 4.67. The minimum absolute atomic E-state index is 0.0338. The molecule has 1 aliphatic heterocycles. The molecule has 154 valence electrons. The Bertz CT molecular complexity index is 1090. The lowest BCUT2D eigenvalue weighted by molar-refractivity contribution is 0.0979. The molecule has 2 aromatic heterocycles. The van der Waals surface area contributed by atoms with Gasteiger partial charge in [0.2, 0.25) is 0 Å². The molecule has 4 nitrogen and oxygen atoms in total. The van der Waals surface area contributed by atoms with Gasteiger partial charge in [-0.25, -0.2) is 0 Å². The highest BCUT2D eigenvalue weighted by Crippen LogP contribution is 2.34. The summed E-state index contributed by atoms with van der Waals surface area (Å²) in [5.74, 6) is 0.0338. The average Bonchev–Trinajstić information content (AvgIpc) is 2.74. The van der Waals surface area contributed by atoms with E-state index in [1.54, 1.807) is 6.20 Å². The number of fused-ring (bicyclic) bond motifs is 1. The Hall–Kier alpha value is -3.01. The summed E-state index contributed by atoms with van der Waals surface area (Å²) in [4.78, 5) is 24.8. The van der Waals surface area contributed by atoms with Gasteiger partial charge in [-0.2, -0.15) is 0 Å². The molecule has 4 rings (SSSR count). The second-order valence-corrected chi connectivity index (χ2v) is 8.07. The zero-order valence-corrected chi connectivity index (χ0v) is 18.5. The molecule has 1 amide bonds. The number of hydrogen-bond acceptors (Lipinski definition) is 3. The predicted octanol–water partition coefficient (Wildman–Crippen LogP) is 5.40. The van der Waals surface area contributed by atoms with E-state index in [9.17, 15) is 4.79 Å². The fourth-order valence-electron chi connectivity index (χ4n) is 4.67. The molecule has 0 atom stereocenters. The normalized spacial score (nSPS) is 13.5. The van der Waals surface area contributed by atoms with Crippen molar-refractivity contribution in [3.63, 3.8) is 0 Å². The Labute approximate surface area is 179 Å². The maximum absolute atomic E-state index is 13.5. The summed E-state index contributed by atoms with van der Waals surface area (Å²) in [5.41, 5.74) is 10.4. The topological polar surface area (TPSA) is 46.1 Å². The highest BCUT2D eigenvalue weighted by molar-refractivity contribution is 6.09. The monoisotopic (exact) mass is 399 g/mol. The van der Waals surface area contributed by atoms with Gasteiger partial charge in [-0.3, -0.25) is 14.8 Å². The predicted molar refractivity (Wildman–Crippen MR) is 122 cm³/mol. The maximum Gasteiger partial charge on any atom is 0.260 e. The fraction of sp³-hybridized carbons (Fsp3) is 0.346. The smallest absolute Gasteiger partial charge is 0.260 e. The molecule has 3 heterocycles. The van der Waals surface area contributed by atoms with Crippen LogP contribution in [0.1, 0.15) is 57.8 Å². The van der Waals surface area contributed by atoms with E-state index in [-0.39, 0.29) is 5.91 Å². The Kier molecular flexibility index (Phi) is 5.42. The Balaban J connectivity index is 1.82. The van der Waals surface area contributed by atoms with Crippen molar-refractivity contribution in [3.05, 3.63) is 75.7 Å². The molecule has 0 bridgehead atoms. The number of pyridine rings is 2. The van der Waals surface area contributed by atoms with E-state index in [0.29, 0.717) is 6.54 Å². The molecule has 0 N–H and O–H groups in total. The van der Waals surface area contributed by atoms with Crippen molar-refractivity contribution in [2.75, 3.05) is 11.4 Å². The summed E-state index contributed by atoms with van der Waals surface area (Å²) >= 11 is 0. The number of rotatable bonds is 4. The van der Waals surface area contributed by atoms with E-state index in [4.69, 9.17) is 4.98 Å². The number of benzene rings is 1. The highest BCUT2D eigenvalue weighted by Gasteiger charge is 2.31. The molecule has 0 saturated carbocycles. The van der Waals surface area contributed by atoms with Crippen LogP contribution in [0.15, 0.2) is 36.5 Å². The first-order valence-corrected chi connectivity index (χ1v) is 10.8. The van der Waals surface area contributed by atoms with Gasteiger partial charge in [0.1, 0.15) is 0 Å². The number of hydrogen-bond donors (Lipinski definition) is 0. The third-order valence-corrected chi connectivity index (χ3v) is 6.16. The Morgan fingerprint density at radius 3 is 2.30 bits per heavy atom. The number of carbonyl (C=O) groups is 1. The molecule has 0 aliphatic carbocycles. The van der Waals surface area contributed by atoms with Crippen LogP contribution in [-0.4, -0.2) is 22.4 Å². The van der Waals surface area contributed by atoms with Crippen molar-refractivity contribution in [2.45, 2.75) is 53.9 Å². The van der Waals surface area contributed by atoms with E-state index in [2.05, 4.69) is 43.1 Å². The average molecular weight is 400 g/mol. The summed E-state index contributed by atoms with van der Waals surface area (Å²) in [6.07, 6.45) is 4.48. The van der Waals surface area contributed by atoms with Crippen LogP contribution in [0, 0.1) is 20.8 Å². The molecule has 0 spiro atoms. The second-order valence-electron chi connectivity index (χ2n) is 8.07. The molecule has 30 heavy (non-hydrogen) atoms. The van der Waals surface area contributed by atoms with Gasteiger partial charge in [0, 0.05) is 24.7 Å². The van der Waals surface area contributed by atoms with Crippen molar-refractivity contribution in [1.82, 2.24) is 9.97 Å². The SMILES string of the molecule is CCc1cccc(CC)c1-c1cc(C)c2c(n1)CCN(c1c(C)ccnc1C)C2=O. The van der Waals surface area contributed by atoms with Gasteiger partial charge in [-0.05, 0) is 68.0 Å². The number of carbonyl (C=O) groups excluding carboxylic acids is 1. The lowest BCUT2D eigenvalue weighted by Crippen LogP contribution is -2.39. The van der Waals surface area contributed by atoms with Crippen LogP contribution >= 0.6 is 0 Å². The van der Waals surface area contributed by atoms with Crippen LogP contribution in [0.2, 0.25) is 0 Å². The zero-order valence-electron chi connectivity index (χ0n) is 18.5. The van der Waals surface area contributed by atoms with Crippen LogP contribution in [0.5, 0.6) is 0 Å². The Morgan fingerprint density at radius 2 is 1.67 bits per heavy atom. The van der Waals surface area contributed by atoms with Gasteiger partial charge in [0.25, 0.3) is 5.91 Å². The number of aryl methyl sites for hydroxylation is 5. The number of anilines is 1. The third-order valence-electron chi connectivity index (χ3n) is 6.16.